The average molecular weight is 367 g/mol. The minimum absolute atomic E-state index is 0.0512. The van der Waals surface area contributed by atoms with Gasteiger partial charge < -0.3 is 15.4 Å². The van der Waals surface area contributed by atoms with Crippen molar-refractivity contribution in [3.05, 3.63) is 53.2 Å². The Bertz CT molecular complexity index is 812. The highest BCUT2D eigenvalue weighted by Crippen LogP contribution is 2.20. The van der Waals surface area contributed by atoms with E-state index >= 15 is 0 Å². The molecule has 1 aromatic carbocycles. The Morgan fingerprint density at radius 3 is 2.56 bits per heavy atom. The molecule has 1 aliphatic rings. The molecular formula is C21H25N3O3. The summed E-state index contributed by atoms with van der Waals surface area (Å²) in [6.45, 7) is 5.16. The lowest BCUT2D eigenvalue weighted by Crippen LogP contribution is -2.32. The molecule has 1 fully saturated rings. The molecule has 6 nitrogen and oxygen atoms in total. The van der Waals surface area contributed by atoms with Crippen LogP contribution in [0.2, 0.25) is 0 Å². The van der Waals surface area contributed by atoms with Crippen LogP contribution in [0.3, 0.4) is 0 Å². The van der Waals surface area contributed by atoms with Gasteiger partial charge in [-0.2, -0.15) is 0 Å². The number of aryl methyl sites for hydroxylation is 1. The molecule has 2 aromatic rings. The van der Waals surface area contributed by atoms with Crippen LogP contribution < -0.4 is 10.6 Å². The molecule has 6 heteroatoms. The molecule has 27 heavy (non-hydrogen) atoms. The second kappa shape index (κ2) is 8.77. The number of aromatic nitrogens is 1. The lowest BCUT2D eigenvalue weighted by molar-refractivity contribution is -0.119. The number of amides is 2. The topological polar surface area (TPSA) is 80.3 Å². The van der Waals surface area contributed by atoms with Gasteiger partial charge in [0.2, 0.25) is 5.91 Å². The fourth-order valence-electron chi connectivity index (χ4n) is 3.09. The van der Waals surface area contributed by atoms with Crippen molar-refractivity contribution in [2.45, 2.75) is 39.3 Å². The molecule has 1 saturated heterocycles. The first kappa shape index (κ1) is 19.0. The van der Waals surface area contributed by atoms with Crippen LogP contribution in [0, 0.1) is 6.92 Å². The summed E-state index contributed by atoms with van der Waals surface area (Å²) < 4.78 is 5.53. The number of nitrogens with zero attached hydrogens (tertiary/aromatic N) is 1. The summed E-state index contributed by atoms with van der Waals surface area (Å²) >= 11 is 0. The number of pyridine rings is 1. The van der Waals surface area contributed by atoms with Gasteiger partial charge in [0.25, 0.3) is 5.91 Å². The molecule has 2 N–H and O–H groups in total. The zero-order valence-electron chi connectivity index (χ0n) is 15.7. The molecule has 1 atom stereocenters. The normalized spacial score (nSPS) is 16.1. The van der Waals surface area contributed by atoms with Gasteiger partial charge in [-0.05, 0) is 37.5 Å². The van der Waals surface area contributed by atoms with Crippen LogP contribution in [0.4, 0.5) is 0 Å². The first-order valence-corrected chi connectivity index (χ1v) is 9.24. The van der Waals surface area contributed by atoms with E-state index in [1.165, 1.54) is 6.92 Å². The Hall–Kier alpha value is -2.73. The van der Waals surface area contributed by atoms with Crippen LogP contribution in [0.5, 0.6) is 0 Å². The van der Waals surface area contributed by atoms with Crippen LogP contribution in [0.15, 0.2) is 36.4 Å². The third-order valence-corrected chi connectivity index (χ3v) is 4.64. The smallest absolute Gasteiger partial charge is 0.253 e. The minimum atomic E-state index is -0.118. The first-order chi connectivity index (χ1) is 13.0. The molecule has 1 aromatic heterocycles. The maximum absolute atomic E-state index is 12.4. The van der Waals surface area contributed by atoms with Crippen LogP contribution in [0.1, 0.15) is 41.4 Å². The molecule has 2 amide bonds. The lowest BCUT2D eigenvalue weighted by atomic mass is 10.1. The second-order valence-electron chi connectivity index (χ2n) is 6.78. The van der Waals surface area contributed by atoms with E-state index in [2.05, 4.69) is 15.6 Å². The number of benzene rings is 1. The predicted octanol–water partition coefficient (Wildman–Crippen LogP) is 2.60. The average Bonchev–Trinajstić information content (AvgIpc) is 3.18. The van der Waals surface area contributed by atoms with E-state index in [0.29, 0.717) is 24.3 Å². The molecule has 2 heterocycles. The molecule has 0 saturated carbocycles. The van der Waals surface area contributed by atoms with Gasteiger partial charge in [-0.15, -0.1) is 0 Å². The maximum Gasteiger partial charge on any atom is 0.253 e. The van der Waals surface area contributed by atoms with E-state index in [0.717, 1.165) is 36.3 Å². The number of rotatable bonds is 6. The van der Waals surface area contributed by atoms with Gasteiger partial charge in [-0.1, -0.05) is 24.3 Å². The van der Waals surface area contributed by atoms with Gasteiger partial charge in [0.1, 0.15) is 0 Å². The molecule has 142 valence electrons. The number of ether oxygens (including phenoxy) is 1. The van der Waals surface area contributed by atoms with Crippen LogP contribution in [0.25, 0.3) is 11.3 Å². The summed E-state index contributed by atoms with van der Waals surface area (Å²) in [5, 5.41) is 5.71. The minimum Gasteiger partial charge on any atom is -0.376 e. The first-order valence-electron chi connectivity index (χ1n) is 9.24. The van der Waals surface area contributed by atoms with E-state index in [1.54, 1.807) is 0 Å². The van der Waals surface area contributed by atoms with Crippen LogP contribution >= 0.6 is 0 Å². The third-order valence-electron chi connectivity index (χ3n) is 4.64. The zero-order valence-corrected chi connectivity index (χ0v) is 15.7. The predicted molar refractivity (Wildman–Crippen MR) is 103 cm³/mol. The molecule has 0 radical (unpaired) electrons. The number of nitrogens with one attached hydrogen (secondary N) is 2. The molecule has 0 spiro atoms. The van der Waals surface area contributed by atoms with Crippen molar-refractivity contribution >= 4 is 11.8 Å². The van der Waals surface area contributed by atoms with Crippen LogP contribution in [-0.2, 0) is 16.1 Å². The second-order valence-corrected chi connectivity index (χ2v) is 6.78. The summed E-state index contributed by atoms with van der Waals surface area (Å²) in [6, 6.07) is 11.5. The van der Waals surface area contributed by atoms with Gasteiger partial charge in [0, 0.05) is 32.2 Å². The van der Waals surface area contributed by atoms with E-state index in [-0.39, 0.29) is 17.9 Å². The lowest BCUT2D eigenvalue weighted by Gasteiger charge is -2.12. The number of hydrogen-bond acceptors (Lipinski definition) is 4. The largest absolute Gasteiger partial charge is 0.376 e. The summed E-state index contributed by atoms with van der Waals surface area (Å²) in [4.78, 5) is 28.0. The summed E-state index contributed by atoms with van der Waals surface area (Å²) in [5.41, 5.74) is 4.08. The Kier molecular flexibility index (Phi) is 6.19. The van der Waals surface area contributed by atoms with Crippen molar-refractivity contribution in [1.82, 2.24) is 15.6 Å². The van der Waals surface area contributed by atoms with E-state index in [4.69, 9.17) is 4.74 Å². The molecule has 0 bridgehead atoms. The summed E-state index contributed by atoms with van der Waals surface area (Å²) in [5.74, 6) is -0.169. The number of carbonyl (C=O) groups is 2. The Morgan fingerprint density at radius 1 is 1.15 bits per heavy atom. The molecule has 3 rings (SSSR count). The highest BCUT2D eigenvalue weighted by molar-refractivity contribution is 5.95. The Balaban J connectivity index is 1.64. The standard InChI is InChI=1S/C21H25N3O3/c1-14-19(21(26)23-13-18-4-3-11-27-18)9-10-20(24-14)17-7-5-16(6-8-17)12-22-15(2)25/h5-10,18H,3-4,11-13H2,1-2H3,(H,22,25)(H,23,26)/t18-/m0/s1. The molecule has 0 aliphatic carbocycles. The quantitative estimate of drug-likeness (QED) is 0.822. The molecule has 1 aliphatic heterocycles. The van der Waals surface area contributed by atoms with E-state index in [9.17, 15) is 9.59 Å². The third kappa shape index (κ3) is 5.14. The SMILES string of the molecule is CC(=O)NCc1ccc(-c2ccc(C(=O)NC[C@@H]3CCCO3)c(C)n2)cc1. The molecular weight excluding hydrogens is 342 g/mol. The van der Waals surface area contributed by atoms with E-state index in [1.807, 2.05) is 43.3 Å². The van der Waals surface area contributed by atoms with Crippen molar-refractivity contribution in [1.29, 1.82) is 0 Å². The highest BCUT2D eigenvalue weighted by atomic mass is 16.5. The highest BCUT2D eigenvalue weighted by Gasteiger charge is 2.18. The van der Waals surface area contributed by atoms with Crippen molar-refractivity contribution in [3.8, 4) is 11.3 Å². The summed E-state index contributed by atoms with van der Waals surface area (Å²) in [7, 11) is 0. The van der Waals surface area contributed by atoms with Crippen molar-refractivity contribution in [3.63, 3.8) is 0 Å². The Labute approximate surface area is 159 Å². The fourth-order valence-corrected chi connectivity index (χ4v) is 3.09. The fraction of sp³-hybridized carbons (Fsp3) is 0.381. The van der Waals surface area contributed by atoms with Crippen molar-refractivity contribution < 1.29 is 14.3 Å². The van der Waals surface area contributed by atoms with Gasteiger partial charge in [0.15, 0.2) is 0 Å². The van der Waals surface area contributed by atoms with Gasteiger partial charge in [-0.25, -0.2) is 0 Å². The van der Waals surface area contributed by atoms with Crippen molar-refractivity contribution in [2.75, 3.05) is 13.2 Å². The van der Waals surface area contributed by atoms with Crippen LogP contribution in [-0.4, -0.2) is 36.1 Å². The summed E-state index contributed by atoms with van der Waals surface area (Å²) in [6.07, 6.45) is 2.17. The Morgan fingerprint density at radius 2 is 1.93 bits per heavy atom. The maximum atomic E-state index is 12.4. The van der Waals surface area contributed by atoms with E-state index < -0.39 is 0 Å². The molecule has 0 unspecified atom stereocenters. The van der Waals surface area contributed by atoms with Crippen molar-refractivity contribution in [2.24, 2.45) is 0 Å². The monoisotopic (exact) mass is 367 g/mol. The van der Waals surface area contributed by atoms with Gasteiger partial charge in [0.05, 0.1) is 23.1 Å². The number of hydrogen-bond donors (Lipinski definition) is 2. The number of carbonyl (C=O) groups excluding carboxylic acids is 2. The zero-order chi connectivity index (χ0) is 19.2. The van der Waals surface area contributed by atoms with Gasteiger partial charge >= 0.3 is 0 Å². The van der Waals surface area contributed by atoms with Gasteiger partial charge in [-0.3, -0.25) is 14.6 Å².